The molecule has 39 heavy (non-hydrogen) atoms. The summed E-state index contributed by atoms with van der Waals surface area (Å²) in [5.74, 6) is 0.473. The predicted molar refractivity (Wildman–Crippen MR) is 141 cm³/mol. The van der Waals surface area contributed by atoms with Gasteiger partial charge in [0, 0.05) is 48.7 Å². The monoisotopic (exact) mass is 550 g/mol. The number of imidazole rings is 1. The van der Waals surface area contributed by atoms with Crippen LogP contribution in [-0.2, 0) is 9.30 Å². The summed E-state index contributed by atoms with van der Waals surface area (Å²) in [7, 11) is -0.819. The molecule has 2 atom stereocenters. The first-order valence-corrected chi connectivity index (χ1v) is 14.9. The molecule has 11 heteroatoms. The molecule has 0 spiro atoms. The minimum Gasteiger partial charge on any atom is -0.434 e. The Morgan fingerprint density at radius 2 is 1.87 bits per heavy atom. The molecule has 0 aliphatic carbocycles. The highest BCUT2D eigenvalue weighted by Gasteiger charge is 2.45. The minimum atomic E-state index is -3.01. The number of carbonyl (C=O) groups excluding carboxylic acids is 1. The smallest absolute Gasteiger partial charge is 0.387 e. The third-order valence-corrected chi connectivity index (χ3v) is 11.0. The first-order valence-electron chi connectivity index (χ1n) is 12.8. The molecule has 3 aliphatic heterocycles. The van der Waals surface area contributed by atoms with Crippen molar-refractivity contribution in [3.63, 3.8) is 0 Å². The van der Waals surface area contributed by atoms with E-state index in [1.165, 1.54) is 6.07 Å². The summed E-state index contributed by atoms with van der Waals surface area (Å²) in [4.78, 5) is 24.4. The molecule has 1 saturated heterocycles. The molecule has 5 heterocycles. The molecule has 3 aliphatic rings. The Balaban J connectivity index is 1.34. The zero-order valence-corrected chi connectivity index (χ0v) is 22.0. The molecule has 0 N–H and O–H groups in total. The van der Waals surface area contributed by atoms with Crippen molar-refractivity contribution in [1.29, 1.82) is 0 Å². The molecule has 0 radical (unpaired) electrons. The molecule has 0 unspecified atom stereocenters. The van der Waals surface area contributed by atoms with Crippen LogP contribution in [-0.4, -0.2) is 64.5 Å². The van der Waals surface area contributed by atoms with E-state index in [9.17, 15) is 18.1 Å². The van der Waals surface area contributed by atoms with Gasteiger partial charge in [0.15, 0.2) is 0 Å². The van der Waals surface area contributed by atoms with E-state index in [1.807, 2.05) is 34.9 Å². The first-order chi connectivity index (χ1) is 18.8. The van der Waals surface area contributed by atoms with Gasteiger partial charge >= 0.3 is 6.61 Å². The SMILES string of the molecule is CN1C(=O)c2cccc(OC(F)F)c2[C@H]2C[C@H]1c1nc3ccc(-c4ccc(P5(=O)CCOCC5)nc4)cc3n12. The van der Waals surface area contributed by atoms with Crippen molar-refractivity contribution in [2.75, 3.05) is 32.6 Å². The van der Waals surface area contributed by atoms with Crippen molar-refractivity contribution < 1.29 is 27.6 Å². The zero-order chi connectivity index (χ0) is 26.9. The Bertz CT molecular complexity index is 1660. The van der Waals surface area contributed by atoms with E-state index in [1.54, 1.807) is 30.3 Å². The predicted octanol–water partition coefficient (Wildman–Crippen LogP) is 4.84. The number of hydrogen-bond acceptors (Lipinski definition) is 6. The van der Waals surface area contributed by atoms with Gasteiger partial charge in [-0.15, -0.1) is 0 Å². The Hall–Kier alpha value is -3.62. The van der Waals surface area contributed by atoms with Gasteiger partial charge in [0.1, 0.15) is 24.2 Å². The van der Waals surface area contributed by atoms with Crippen molar-refractivity contribution in [2.24, 2.45) is 0 Å². The zero-order valence-electron chi connectivity index (χ0n) is 21.1. The number of aromatic nitrogens is 3. The van der Waals surface area contributed by atoms with E-state index in [0.717, 1.165) is 22.2 Å². The fourth-order valence-electron chi connectivity index (χ4n) is 6.12. The lowest BCUT2D eigenvalue weighted by molar-refractivity contribution is -0.0507. The second kappa shape index (κ2) is 8.96. The molecular formula is C28H25F2N4O4P. The fourth-order valence-corrected chi connectivity index (χ4v) is 8.27. The van der Waals surface area contributed by atoms with Crippen LogP contribution in [0.15, 0.2) is 54.7 Å². The van der Waals surface area contributed by atoms with Crippen molar-refractivity contribution in [1.82, 2.24) is 19.4 Å². The van der Waals surface area contributed by atoms with Crippen LogP contribution in [0.4, 0.5) is 8.78 Å². The maximum atomic E-state index is 13.3. The first kappa shape index (κ1) is 24.4. The van der Waals surface area contributed by atoms with Crippen LogP contribution >= 0.6 is 7.14 Å². The molecule has 1 amide bonds. The van der Waals surface area contributed by atoms with Gasteiger partial charge in [0.2, 0.25) is 0 Å². The summed E-state index contributed by atoms with van der Waals surface area (Å²) < 4.78 is 52.3. The number of nitrogens with zero attached hydrogens (tertiary/aromatic N) is 4. The van der Waals surface area contributed by atoms with Crippen molar-refractivity contribution in [3.8, 4) is 16.9 Å². The fraction of sp³-hybridized carbons (Fsp3) is 0.321. The maximum Gasteiger partial charge on any atom is 0.387 e. The Labute approximate surface area is 222 Å². The number of rotatable bonds is 4. The van der Waals surface area contributed by atoms with Crippen LogP contribution < -0.4 is 10.2 Å². The Morgan fingerprint density at radius 3 is 2.62 bits per heavy atom. The van der Waals surface area contributed by atoms with E-state index >= 15 is 0 Å². The number of halogens is 2. The molecule has 7 rings (SSSR count). The van der Waals surface area contributed by atoms with Crippen molar-refractivity contribution >= 4 is 29.5 Å². The molecule has 1 fully saturated rings. The number of hydrogen-bond donors (Lipinski definition) is 0. The summed E-state index contributed by atoms with van der Waals surface area (Å²) in [5, 5.41) is 0. The van der Waals surface area contributed by atoms with Crippen LogP contribution in [0, 0.1) is 0 Å². The van der Waals surface area contributed by atoms with Gasteiger partial charge in [-0.1, -0.05) is 18.2 Å². The van der Waals surface area contributed by atoms with Gasteiger partial charge in [-0.3, -0.25) is 9.78 Å². The van der Waals surface area contributed by atoms with E-state index in [4.69, 9.17) is 14.5 Å². The molecular weight excluding hydrogens is 525 g/mol. The molecule has 200 valence electrons. The van der Waals surface area contributed by atoms with Gasteiger partial charge in [0.05, 0.1) is 36.3 Å². The number of carbonyl (C=O) groups is 1. The van der Waals surface area contributed by atoms with Crippen LogP contribution in [0.5, 0.6) is 5.75 Å². The van der Waals surface area contributed by atoms with Gasteiger partial charge in [-0.2, -0.15) is 8.78 Å². The quantitative estimate of drug-likeness (QED) is 0.338. The number of amides is 1. The van der Waals surface area contributed by atoms with E-state index in [-0.39, 0.29) is 17.7 Å². The van der Waals surface area contributed by atoms with E-state index < -0.39 is 19.8 Å². The summed E-state index contributed by atoms with van der Waals surface area (Å²) in [6, 6.07) is 13.7. The molecule has 0 saturated carbocycles. The minimum absolute atomic E-state index is 0.00327. The lowest BCUT2D eigenvalue weighted by Crippen LogP contribution is -2.30. The number of alkyl halides is 2. The molecule has 2 bridgehead atoms. The van der Waals surface area contributed by atoms with Gasteiger partial charge < -0.3 is 23.5 Å². The summed E-state index contributed by atoms with van der Waals surface area (Å²) in [6.07, 6.45) is 3.26. The topological polar surface area (TPSA) is 86.6 Å². The maximum absolute atomic E-state index is 13.3. The van der Waals surface area contributed by atoms with Crippen molar-refractivity contribution in [2.45, 2.75) is 25.1 Å². The summed E-state index contributed by atoms with van der Waals surface area (Å²) in [5.41, 5.74) is 4.77. The number of pyridine rings is 1. The third-order valence-electron chi connectivity index (χ3n) is 8.10. The largest absolute Gasteiger partial charge is 0.434 e. The average Bonchev–Trinajstić information content (AvgIpc) is 3.46. The molecule has 2 aromatic carbocycles. The number of benzene rings is 2. The number of fused-ring (bicyclic) bond motifs is 9. The highest BCUT2D eigenvalue weighted by Crippen LogP contribution is 2.50. The standard InChI is InChI=1S/C28H25F2N4O4P/c1-33-22-14-21(25-18(27(33)35)3-2-4-23(25)38-28(29)30)34-20-13-16(5-7-19(20)32-26(22)34)17-6-8-24(31-15-17)39(36)11-9-37-10-12-39/h2-8,13,15,21-22,28H,9-12,14H2,1H3/t21-,22+/m1/s1. The van der Waals surface area contributed by atoms with Gasteiger partial charge in [0.25, 0.3) is 5.91 Å². The normalized spacial score (nSPS) is 21.6. The van der Waals surface area contributed by atoms with E-state index in [0.29, 0.717) is 54.3 Å². The average molecular weight is 551 g/mol. The summed E-state index contributed by atoms with van der Waals surface area (Å²) in [6.45, 7) is -2.04. The van der Waals surface area contributed by atoms with Gasteiger partial charge in [-0.25, -0.2) is 4.98 Å². The lowest BCUT2D eigenvalue weighted by atomic mass is 9.97. The second-order valence-electron chi connectivity index (χ2n) is 10.2. The highest BCUT2D eigenvalue weighted by atomic mass is 31.2. The number of ether oxygens (including phenoxy) is 2. The van der Waals surface area contributed by atoms with Gasteiger partial charge in [-0.05, 0) is 35.9 Å². The Morgan fingerprint density at radius 1 is 1.08 bits per heavy atom. The molecule has 2 aromatic heterocycles. The third kappa shape index (κ3) is 3.80. The Kier molecular flexibility index (Phi) is 5.61. The summed E-state index contributed by atoms with van der Waals surface area (Å²) >= 11 is 0. The van der Waals surface area contributed by atoms with Crippen molar-refractivity contribution in [3.05, 3.63) is 71.7 Å². The van der Waals surface area contributed by atoms with Crippen LogP contribution in [0.3, 0.4) is 0 Å². The lowest BCUT2D eigenvalue weighted by Gasteiger charge is -2.24. The second-order valence-corrected chi connectivity index (χ2v) is 13.3. The van der Waals surface area contributed by atoms with E-state index in [2.05, 4.69) is 4.98 Å². The van der Waals surface area contributed by atoms with Crippen LogP contribution in [0.2, 0.25) is 0 Å². The molecule has 4 aromatic rings. The van der Waals surface area contributed by atoms with Crippen LogP contribution in [0.1, 0.15) is 40.3 Å². The van der Waals surface area contributed by atoms with Crippen LogP contribution in [0.25, 0.3) is 22.2 Å². The molecule has 8 nitrogen and oxygen atoms in total. The highest BCUT2D eigenvalue weighted by molar-refractivity contribution is 7.71.